The summed E-state index contributed by atoms with van der Waals surface area (Å²) in [6.45, 7) is 0. The molecule has 6 heteroatoms. The van der Waals surface area contributed by atoms with E-state index >= 15 is 0 Å². The molecule has 1 aromatic carbocycles. The Balaban J connectivity index is 2.64. The van der Waals surface area contributed by atoms with Gasteiger partial charge in [0.15, 0.2) is 0 Å². The van der Waals surface area contributed by atoms with Crippen LogP contribution in [0.5, 0.6) is 17.2 Å². The molecule has 16 heavy (non-hydrogen) atoms. The first-order chi connectivity index (χ1) is 7.49. The van der Waals surface area contributed by atoms with Gasteiger partial charge in [0.25, 0.3) is 0 Å². The zero-order chi connectivity index (χ0) is 11.9. The number of hydrogen-bond acceptors (Lipinski definition) is 5. The van der Waals surface area contributed by atoms with Gasteiger partial charge < -0.3 is 21.1 Å². The summed E-state index contributed by atoms with van der Waals surface area (Å²) in [4.78, 5) is 0. The van der Waals surface area contributed by atoms with Crippen molar-refractivity contribution >= 4 is 5.82 Å². The molecule has 0 atom stereocenters. The maximum atomic E-state index is 9.62. The Hall–Kier alpha value is -2.37. The fourth-order valence-corrected chi connectivity index (χ4v) is 1.46. The lowest BCUT2D eigenvalue weighted by Crippen LogP contribution is -1.96. The molecule has 6 nitrogen and oxygen atoms in total. The summed E-state index contributed by atoms with van der Waals surface area (Å²) in [6.07, 6.45) is 0. The Kier molecular flexibility index (Phi) is 2.12. The van der Waals surface area contributed by atoms with Gasteiger partial charge in [-0.05, 0) is 0 Å². The summed E-state index contributed by atoms with van der Waals surface area (Å²) in [6, 6.07) is 3.77. The van der Waals surface area contributed by atoms with Crippen LogP contribution in [-0.2, 0) is 7.05 Å². The average molecular weight is 221 g/mol. The SMILES string of the molecule is Cn1nc(-c2c(O)cc(O)cc2O)cc1N. The Morgan fingerprint density at radius 1 is 1.12 bits per heavy atom. The van der Waals surface area contributed by atoms with Crippen molar-refractivity contribution in [3.8, 4) is 28.5 Å². The smallest absolute Gasteiger partial charge is 0.132 e. The monoisotopic (exact) mass is 221 g/mol. The highest BCUT2D eigenvalue weighted by atomic mass is 16.3. The first kappa shape index (κ1) is 10.2. The van der Waals surface area contributed by atoms with Crippen molar-refractivity contribution in [3.63, 3.8) is 0 Å². The van der Waals surface area contributed by atoms with Crippen LogP contribution in [-0.4, -0.2) is 25.1 Å². The van der Waals surface area contributed by atoms with Gasteiger partial charge in [-0.1, -0.05) is 0 Å². The number of anilines is 1. The zero-order valence-electron chi connectivity index (χ0n) is 8.55. The molecule has 0 bridgehead atoms. The molecular formula is C10H11N3O3. The molecule has 2 rings (SSSR count). The van der Waals surface area contributed by atoms with Gasteiger partial charge in [-0.15, -0.1) is 0 Å². The molecule has 0 saturated heterocycles. The summed E-state index contributed by atoms with van der Waals surface area (Å²) in [5, 5.41) is 32.4. The van der Waals surface area contributed by atoms with Gasteiger partial charge in [0.1, 0.15) is 28.8 Å². The third kappa shape index (κ3) is 1.50. The maximum absolute atomic E-state index is 9.62. The van der Waals surface area contributed by atoms with Crippen LogP contribution in [0.25, 0.3) is 11.3 Å². The van der Waals surface area contributed by atoms with Gasteiger partial charge in [0, 0.05) is 25.2 Å². The van der Waals surface area contributed by atoms with Gasteiger partial charge in [-0.2, -0.15) is 5.10 Å². The Morgan fingerprint density at radius 2 is 1.69 bits per heavy atom. The van der Waals surface area contributed by atoms with Crippen LogP contribution < -0.4 is 5.73 Å². The predicted molar refractivity (Wildman–Crippen MR) is 58.1 cm³/mol. The molecule has 0 unspecified atom stereocenters. The van der Waals surface area contributed by atoms with E-state index in [0.717, 1.165) is 12.1 Å². The molecule has 0 radical (unpaired) electrons. The second kappa shape index (κ2) is 3.34. The summed E-state index contributed by atoms with van der Waals surface area (Å²) >= 11 is 0. The first-order valence-corrected chi connectivity index (χ1v) is 4.54. The van der Waals surface area contributed by atoms with Crippen LogP contribution in [0, 0.1) is 0 Å². The van der Waals surface area contributed by atoms with E-state index in [0.29, 0.717) is 11.5 Å². The number of aryl methyl sites for hydroxylation is 1. The zero-order valence-corrected chi connectivity index (χ0v) is 8.55. The summed E-state index contributed by atoms with van der Waals surface area (Å²) < 4.78 is 1.42. The minimum Gasteiger partial charge on any atom is -0.508 e. The number of benzene rings is 1. The second-order valence-corrected chi connectivity index (χ2v) is 3.44. The standard InChI is InChI=1S/C10H11N3O3/c1-13-9(11)4-6(12-13)10-7(15)2-5(14)3-8(10)16/h2-4,14-16H,11H2,1H3. The molecule has 0 fully saturated rings. The van der Waals surface area contributed by atoms with Crippen LogP contribution >= 0.6 is 0 Å². The largest absolute Gasteiger partial charge is 0.508 e. The summed E-state index contributed by atoms with van der Waals surface area (Å²) in [7, 11) is 1.65. The van der Waals surface area contributed by atoms with Gasteiger partial charge in [-0.25, -0.2) is 0 Å². The van der Waals surface area contributed by atoms with E-state index in [2.05, 4.69) is 5.10 Å². The van der Waals surface area contributed by atoms with Crippen molar-refractivity contribution in [1.82, 2.24) is 9.78 Å². The Bertz CT molecular complexity index is 506. The highest BCUT2D eigenvalue weighted by molar-refractivity contribution is 5.76. The molecule has 0 amide bonds. The van der Waals surface area contributed by atoms with Gasteiger partial charge in [-0.3, -0.25) is 4.68 Å². The number of nitrogen functional groups attached to an aromatic ring is 1. The van der Waals surface area contributed by atoms with Crippen LogP contribution in [0.15, 0.2) is 18.2 Å². The number of aromatic hydroxyl groups is 3. The normalized spacial score (nSPS) is 10.6. The molecule has 2 aromatic rings. The maximum Gasteiger partial charge on any atom is 0.132 e. The lowest BCUT2D eigenvalue weighted by molar-refractivity contribution is 0.430. The van der Waals surface area contributed by atoms with E-state index in [-0.39, 0.29) is 22.8 Å². The average Bonchev–Trinajstić information content (AvgIpc) is 2.44. The van der Waals surface area contributed by atoms with Crippen molar-refractivity contribution in [3.05, 3.63) is 18.2 Å². The Labute approximate surface area is 91.2 Å². The molecule has 84 valence electrons. The predicted octanol–water partition coefficient (Wildman–Crippen LogP) is 0.786. The van der Waals surface area contributed by atoms with E-state index in [1.54, 1.807) is 7.05 Å². The van der Waals surface area contributed by atoms with Gasteiger partial charge >= 0.3 is 0 Å². The number of aromatic nitrogens is 2. The van der Waals surface area contributed by atoms with Crippen molar-refractivity contribution in [1.29, 1.82) is 0 Å². The van der Waals surface area contributed by atoms with Gasteiger partial charge in [0.05, 0.1) is 5.56 Å². The van der Waals surface area contributed by atoms with E-state index in [9.17, 15) is 10.2 Å². The van der Waals surface area contributed by atoms with Gasteiger partial charge in [0.2, 0.25) is 0 Å². The quantitative estimate of drug-likeness (QED) is 0.569. The Morgan fingerprint density at radius 3 is 2.12 bits per heavy atom. The topological polar surface area (TPSA) is 105 Å². The number of nitrogens with zero attached hydrogens (tertiary/aromatic N) is 2. The minimum atomic E-state index is -0.254. The first-order valence-electron chi connectivity index (χ1n) is 4.54. The molecule has 0 saturated carbocycles. The molecule has 0 aliphatic carbocycles. The van der Waals surface area contributed by atoms with E-state index in [4.69, 9.17) is 10.8 Å². The van der Waals surface area contributed by atoms with E-state index in [1.807, 2.05) is 0 Å². The third-order valence-electron chi connectivity index (χ3n) is 2.25. The van der Waals surface area contributed by atoms with E-state index < -0.39 is 0 Å². The fraction of sp³-hybridized carbons (Fsp3) is 0.100. The molecule has 1 heterocycles. The third-order valence-corrected chi connectivity index (χ3v) is 2.25. The second-order valence-electron chi connectivity index (χ2n) is 3.44. The molecule has 0 spiro atoms. The number of phenolic OH excluding ortho intramolecular Hbond substituents is 3. The number of phenols is 3. The fourth-order valence-electron chi connectivity index (χ4n) is 1.46. The van der Waals surface area contributed by atoms with Crippen LogP contribution in [0.1, 0.15) is 0 Å². The number of rotatable bonds is 1. The minimum absolute atomic E-state index is 0.144. The van der Waals surface area contributed by atoms with Crippen LogP contribution in [0.3, 0.4) is 0 Å². The van der Waals surface area contributed by atoms with Crippen molar-refractivity contribution in [2.24, 2.45) is 7.05 Å². The number of hydrogen-bond donors (Lipinski definition) is 4. The molecular weight excluding hydrogens is 210 g/mol. The van der Waals surface area contributed by atoms with Crippen molar-refractivity contribution < 1.29 is 15.3 Å². The highest BCUT2D eigenvalue weighted by Gasteiger charge is 2.15. The summed E-state index contributed by atoms with van der Waals surface area (Å²) in [5.41, 5.74) is 6.08. The highest BCUT2D eigenvalue weighted by Crippen LogP contribution is 2.39. The van der Waals surface area contributed by atoms with Crippen molar-refractivity contribution in [2.45, 2.75) is 0 Å². The van der Waals surface area contributed by atoms with E-state index in [1.165, 1.54) is 10.7 Å². The summed E-state index contributed by atoms with van der Waals surface area (Å²) in [5.74, 6) is -0.323. The molecule has 1 aromatic heterocycles. The molecule has 5 N–H and O–H groups in total. The van der Waals surface area contributed by atoms with Crippen LogP contribution in [0.2, 0.25) is 0 Å². The lowest BCUT2D eigenvalue weighted by Gasteiger charge is -2.04. The number of nitrogens with two attached hydrogens (primary N) is 1. The lowest BCUT2D eigenvalue weighted by atomic mass is 10.1. The van der Waals surface area contributed by atoms with Crippen LogP contribution in [0.4, 0.5) is 5.82 Å². The van der Waals surface area contributed by atoms with Crippen molar-refractivity contribution in [2.75, 3.05) is 5.73 Å². The molecule has 0 aliphatic heterocycles. The molecule has 0 aliphatic rings.